The van der Waals surface area contributed by atoms with Gasteiger partial charge in [0.1, 0.15) is 12.6 Å². The second-order valence-electron chi connectivity index (χ2n) is 7.00. The first-order valence-electron chi connectivity index (χ1n) is 9.60. The molecule has 0 aromatic carbocycles. The van der Waals surface area contributed by atoms with E-state index >= 15 is 0 Å². The number of nitrogens with zero attached hydrogens (tertiary/aromatic N) is 7. The number of carbonyl (C=O) groups is 1. The van der Waals surface area contributed by atoms with Gasteiger partial charge in [-0.05, 0) is 25.3 Å². The van der Waals surface area contributed by atoms with Gasteiger partial charge in [-0.2, -0.15) is 5.10 Å². The maximum atomic E-state index is 11.3. The van der Waals surface area contributed by atoms with Gasteiger partial charge in [-0.3, -0.25) is 4.79 Å². The minimum Gasteiger partial charge on any atom is -0.458 e. The van der Waals surface area contributed by atoms with Crippen LogP contribution in [-0.4, -0.2) is 48.5 Å². The molecule has 0 bridgehead atoms. The van der Waals surface area contributed by atoms with Gasteiger partial charge < -0.3 is 20.4 Å². The van der Waals surface area contributed by atoms with Gasteiger partial charge in [0.05, 0.1) is 30.0 Å². The van der Waals surface area contributed by atoms with E-state index in [2.05, 4.69) is 35.3 Å². The van der Waals surface area contributed by atoms with Crippen LogP contribution in [0.25, 0.3) is 16.9 Å². The van der Waals surface area contributed by atoms with E-state index in [9.17, 15) is 4.79 Å². The predicted molar refractivity (Wildman–Crippen MR) is 108 cm³/mol. The number of nitrogens with two attached hydrogens (primary N) is 1. The van der Waals surface area contributed by atoms with Crippen LogP contribution >= 0.6 is 0 Å². The molecule has 0 aliphatic carbocycles. The minimum atomic E-state index is -0.643. The highest BCUT2D eigenvalue weighted by Gasteiger charge is 2.16. The van der Waals surface area contributed by atoms with Crippen molar-refractivity contribution in [2.24, 2.45) is 5.73 Å². The molecular weight excluding hydrogens is 386 g/mol. The molecule has 3 N–H and O–H groups in total. The number of primary amides is 1. The summed E-state index contributed by atoms with van der Waals surface area (Å²) >= 11 is 0. The molecule has 0 atom stereocenters. The van der Waals surface area contributed by atoms with Crippen molar-refractivity contribution in [1.29, 1.82) is 0 Å². The number of furan rings is 1. The smallest absolute Gasteiger partial charge is 0.284 e. The van der Waals surface area contributed by atoms with Crippen molar-refractivity contribution >= 4 is 29.0 Å². The zero-order valence-electron chi connectivity index (χ0n) is 16.0. The average molecular weight is 405 g/mol. The number of rotatable bonds is 5. The van der Waals surface area contributed by atoms with Crippen molar-refractivity contribution < 1.29 is 9.21 Å². The van der Waals surface area contributed by atoms with Crippen LogP contribution < -0.4 is 16.0 Å². The van der Waals surface area contributed by atoms with Crippen molar-refractivity contribution in [3.8, 4) is 11.3 Å². The van der Waals surface area contributed by atoms with Crippen LogP contribution in [0.15, 0.2) is 41.7 Å². The van der Waals surface area contributed by atoms with Crippen LogP contribution in [0.2, 0.25) is 0 Å². The minimum absolute atomic E-state index is 0.0615. The molecule has 11 nitrogen and oxygen atoms in total. The van der Waals surface area contributed by atoms with E-state index in [1.165, 1.54) is 31.9 Å². The summed E-state index contributed by atoms with van der Waals surface area (Å²) in [6.45, 7) is 1.98. The SMILES string of the molecule is NC(=O)c1cc(-c2cnc(Nc3cnc(N4CCCCC4)nc3)c3ncnn23)co1. The summed E-state index contributed by atoms with van der Waals surface area (Å²) in [5.74, 6) is 0.660. The standard InChI is InChI=1S/C19H19N9O2/c20-16(29)15-6-12(10-30-15)14-9-21-17(18-24-11-25-28(14)18)26-13-7-22-19(23-8-13)27-4-2-1-3-5-27/h6-11H,1-5H2,(H2,20,29)(H,21,26). The Morgan fingerprint density at radius 1 is 1.07 bits per heavy atom. The highest BCUT2D eigenvalue weighted by atomic mass is 16.3. The lowest BCUT2D eigenvalue weighted by Crippen LogP contribution is -2.30. The molecule has 4 aromatic rings. The first kappa shape index (κ1) is 18.0. The summed E-state index contributed by atoms with van der Waals surface area (Å²) in [6, 6.07) is 1.54. The van der Waals surface area contributed by atoms with Gasteiger partial charge in [0.25, 0.3) is 5.91 Å². The Morgan fingerprint density at radius 3 is 2.60 bits per heavy atom. The van der Waals surface area contributed by atoms with Crippen molar-refractivity contribution in [3.05, 3.63) is 43.0 Å². The number of anilines is 3. The Morgan fingerprint density at radius 2 is 1.87 bits per heavy atom. The van der Waals surface area contributed by atoms with E-state index < -0.39 is 5.91 Å². The molecule has 30 heavy (non-hydrogen) atoms. The first-order valence-corrected chi connectivity index (χ1v) is 9.60. The number of hydrogen-bond donors (Lipinski definition) is 2. The van der Waals surface area contributed by atoms with Gasteiger partial charge in [0, 0.05) is 18.7 Å². The van der Waals surface area contributed by atoms with Crippen molar-refractivity contribution in [2.45, 2.75) is 19.3 Å². The zero-order valence-corrected chi connectivity index (χ0v) is 16.0. The normalized spacial score (nSPS) is 14.2. The molecule has 1 saturated heterocycles. The summed E-state index contributed by atoms with van der Waals surface area (Å²) in [6.07, 6.45) is 11.5. The van der Waals surface area contributed by atoms with Crippen LogP contribution in [0.1, 0.15) is 29.8 Å². The largest absolute Gasteiger partial charge is 0.458 e. The topological polar surface area (TPSA) is 140 Å². The summed E-state index contributed by atoms with van der Waals surface area (Å²) in [5, 5.41) is 7.45. The van der Waals surface area contributed by atoms with E-state index in [-0.39, 0.29) is 5.76 Å². The van der Waals surface area contributed by atoms with E-state index in [0.29, 0.717) is 28.4 Å². The van der Waals surface area contributed by atoms with Crippen LogP contribution in [0.5, 0.6) is 0 Å². The number of piperidine rings is 1. The summed E-state index contributed by atoms with van der Waals surface area (Å²) in [5.41, 5.74) is 7.69. The third-order valence-electron chi connectivity index (χ3n) is 4.98. The Kier molecular flexibility index (Phi) is 4.46. The van der Waals surface area contributed by atoms with Gasteiger partial charge >= 0.3 is 0 Å². The Labute approximate surface area is 171 Å². The summed E-state index contributed by atoms with van der Waals surface area (Å²) < 4.78 is 6.80. The highest BCUT2D eigenvalue weighted by Crippen LogP contribution is 2.26. The van der Waals surface area contributed by atoms with Gasteiger partial charge in [-0.1, -0.05) is 0 Å². The Balaban J connectivity index is 1.41. The second-order valence-corrected chi connectivity index (χ2v) is 7.00. The molecule has 1 aliphatic rings. The lowest BCUT2D eigenvalue weighted by Gasteiger charge is -2.26. The quantitative estimate of drug-likeness (QED) is 0.510. The van der Waals surface area contributed by atoms with Crippen LogP contribution in [0.4, 0.5) is 17.5 Å². The number of carbonyl (C=O) groups excluding carboxylic acids is 1. The molecule has 5 rings (SSSR count). The predicted octanol–water partition coefficient (Wildman–Crippen LogP) is 2.01. The van der Waals surface area contributed by atoms with E-state index in [4.69, 9.17) is 10.2 Å². The van der Waals surface area contributed by atoms with Gasteiger partial charge in [0.15, 0.2) is 17.2 Å². The molecule has 1 fully saturated rings. The van der Waals surface area contributed by atoms with Gasteiger partial charge in [0.2, 0.25) is 5.95 Å². The van der Waals surface area contributed by atoms with Gasteiger partial charge in [-0.15, -0.1) is 0 Å². The number of hydrogen-bond acceptors (Lipinski definition) is 9. The molecule has 0 spiro atoms. The Bertz CT molecular complexity index is 1190. The number of amides is 1. The fraction of sp³-hybridized carbons (Fsp3) is 0.263. The maximum Gasteiger partial charge on any atom is 0.284 e. The van der Waals surface area contributed by atoms with Crippen LogP contribution in [-0.2, 0) is 0 Å². The zero-order chi connectivity index (χ0) is 20.5. The second kappa shape index (κ2) is 7.43. The van der Waals surface area contributed by atoms with E-state index in [1.54, 1.807) is 29.2 Å². The van der Waals surface area contributed by atoms with Gasteiger partial charge in [-0.25, -0.2) is 24.5 Å². The van der Waals surface area contributed by atoms with Crippen molar-refractivity contribution in [3.63, 3.8) is 0 Å². The fourth-order valence-electron chi connectivity index (χ4n) is 3.48. The molecule has 1 amide bonds. The number of nitrogens with one attached hydrogen (secondary N) is 1. The molecular formula is C19H19N9O2. The lowest BCUT2D eigenvalue weighted by atomic mass is 10.1. The molecule has 1 aliphatic heterocycles. The Hall–Kier alpha value is -4.02. The number of fused-ring (bicyclic) bond motifs is 1. The first-order chi connectivity index (χ1) is 14.7. The van der Waals surface area contributed by atoms with E-state index in [0.717, 1.165) is 19.0 Å². The molecule has 152 valence electrons. The third-order valence-corrected chi connectivity index (χ3v) is 4.98. The molecule has 11 heteroatoms. The third kappa shape index (κ3) is 3.30. The maximum absolute atomic E-state index is 11.3. The lowest BCUT2D eigenvalue weighted by molar-refractivity contribution is 0.0974. The van der Waals surface area contributed by atoms with Crippen molar-refractivity contribution in [1.82, 2.24) is 29.5 Å². The molecule has 0 radical (unpaired) electrons. The highest BCUT2D eigenvalue weighted by molar-refractivity contribution is 5.91. The molecule has 5 heterocycles. The van der Waals surface area contributed by atoms with Crippen LogP contribution in [0.3, 0.4) is 0 Å². The monoisotopic (exact) mass is 405 g/mol. The fourth-order valence-corrected chi connectivity index (χ4v) is 3.48. The average Bonchev–Trinajstić information content (AvgIpc) is 3.46. The summed E-state index contributed by atoms with van der Waals surface area (Å²) in [4.78, 5) is 31.2. The van der Waals surface area contributed by atoms with E-state index in [1.807, 2.05) is 0 Å². The molecule has 0 unspecified atom stereocenters. The molecule has 0 saturated carbocycles. The van der Waals surface area contributed by atoms with Crippen LogP contribution in [0, 0.1) is 0 Å². The summed E-state index contributed by atoms with van der Waals surface area (Å²) in [7, 11) is 0. The number of aromatic nitrogens is 6. The molecule has 4 aromatic heterocycles. The van der Waals surface area contributed by atoms with Crippen molar-refractivity contribution in [2.75, 3.05) is 23.3 Å².